The number of phosphoric acid groups is 1. The van der Waals surface area contributed by atoms with Gasteiger partial charge in [-0.25, -0.2) is 4.57 Å². The lowest BCUT2D eigenvalue weighted by Gasteiger charge is -2.21. The van der Waals surface area contributed by atoms with Crippen molar-refractivity contribution >= 4 is 25.7 Å². The Morgan fingerprint density at radius 2 is 0.667 bits per heavy atom. The molecule has 0 radical (unpaired) electrons. The van der Waals surface area contributed by atoms with Gasteiger partial charge in [0.05, 0.1) is 19.8 Å². The summed E-state index contributed by atoms with van der Waals surface area (Å²) in [5.74, 6) is -1.54. The van der Waals surface area contributed by atoms with Crippen LogP contribution < -0.4 is 0 Å². The maximum absolute atomic E-state index is 12.9. The van der Waals surface area contributed by atoms with E-state index in [4.69, 9.17) is 23.3 Å². The summed E-state index contributed by atoms with van der Waals surface area (Å²) < 4.78 is 39.6. The molecule has 0 saturated carbocycles. The average Bonchev–Trinajstić information content (AvgIpc) is 3.43. The van der Waals surface area contributed by atoms with Crippen LogP contribution in [0, 0.1) is 0 Å². The second-order valence-electron chi connectivity index (χ2n) is 19.7. The number of aliphatic hydroxyl groups is 1. The molecule has 0 heterocycles. The third-order valence-corrected chi connectivity index (χ3v) is 13.3. The first-order valence-electron chi connectivity index (χ1n) is 30.4. The maximum Gasteiger partial charge on any atom is 0.472 e. The van der Waals surface area contributed by atoms with Crippen LogP contribution in [0.3, 0.4) is 0 Å². The normalized spacial score (nSPS) is 14.2. The van der Waals surface area contributed by atoms with E-state index in [1.165, 1.54) is 25.7 Å². The van der Waals surface area contributed by atoms with Crippen molar-refractivity contribution in [2.24, 2.45) is 0 Å². The monoisotopic (exact) mass is 1110 g/mol. The van der Waals surface area contributed by atoms with Crippen LogP contribution in [0.1, 0.15) is 239 Å². The quantitative estimate of drug-likeness (QED) is 0.0197. The highest BCUT2D eigenvalue weighted by Crippen LogP contribution is 2.43. The molecule has 0 aromatic rings. The van der Waals surface area contributed by atoms with E-state index in [0.717, 1.165) is 154 Å². The Balaban J connectivity index is 4.81. The van der Waals surface area contributed by atoms with Crippen LogP contribution in [0.5, 0.6) is 0 Å². The summed E-state index contributed by atoms with van der Waals surface area (Å²) in [6.45, 7) is 4.32. The Labute approximate surface area is 475 Å². The molecule has 0 amide bonds. The fraction of sp³-hybridized carbons (Fsp3) is 0.652. The summed E-state index contributed by atoms with van der Waals surface area (Å²) in [5.41, 5.74) is 0. The van der Waals surface area contributed by atoms with E-state index in [2.05, 4.69) is 142 Å². The van der Waals surface area contributed by atoms with E-state index in [0.29, 0.717) is 19.3 Å². The van der Waals surface area contributed by atoms with Crippen molar-refractivity contribution in [2.45, 2.75) is 251 Å². The number of unbranched alkanes of at least 4 members (excludes halogenated alkanes) is 18. The molecule has 0 rings (SSSR count). The van der Waals surface area contributed by atoms with Crippen molar-refractivity contribution in [3.8, 4) is 0 Å². The van der Waals surface area contributed by atoms with Gasteiger partial charge in [0.1, 0.15) is 12.7 Å². The summed E-state index contributed by atoms with van der Waals surface area (Å²) in [6, 6.07) is 0. The molecule has 0 aliphatic heterocycles. The van der Waals surface area contributed by atoms with E-state index in [9.17, 15) is 28.9 Å². The number of rotatable bonds is 55. The minimum absolute atomic E-state index is 0.118. The highest BCUT2D eigenvalue weighted by molar-refractivity contribution is 7.47. The lowest BCUT2D eigenvalue weighted by Crippen LogP contribution is -2.30. The van der Waals surface area contributed by atoms with Crippen molar-refractivity contribution in [1.82, 2.24) is 0 Å². The summed E-state index contributed by atoms with van der Waals surface area (Å²) in [5, 5.41) is 9.82. The Morgan fingerprint density at radius 3 is 1.05 bits per heavy atom. The van der Waals surface area contributed by atoms with E-state index >= 15 is 0 Å². The van der Waals surface area contributed by atoms with Crippen LogP contribution in [0.15, 0.2) is 122 Å². The number of allylic oxidation sites excluding steroid dienone is 20. The number of carbonyl (C=O) groups excluding carboxylic acids is 3. The fourth-order valence-corrected chi connectivity index (χ4v) is 8.56. The number of hydrogen-bond donors (Lipinski definition) is 2. The highest BCUT2D eigenvalue weighted by atomic mass is 31.2. The Morgan fingerprint density at radius 1 is 0.372 bits per heavy atom. The molecule has 12 heteroatoms. The molecule has 0 aliphatic rings. The van der Waals surface area contributed by atoms with Gasteiger partial charge in [-0.1, -0.05) is 213 Å². The molecule has 0 spiro atoms. The van der Waals surface area contributed by atoms with Gasteiger partial charge in [0, 0.05) is 19.3 Å². The topological polar surface area (TPSA) is 155 Å². The Hall–Kier alpha value is -4.12. The molecule has 0 saturated heterocycles. The number of hydrogen-bond acceptors (Lipinski definition) is 10. The van der Waals surface area contributed by atoms with Gasteiger partial charge in [0.15, 0.2) is 6.10 Å². The van der Waals surface area contributed by atoms with E-state index in [1.54, 1.807) is 0 Å². The SMILES string of the molecule is CC/C=C\C/C=C\C/C=C\C/C=C\CCCCC(=O)OC(CO)COP(=O)(O)OCC(COC(=O)CCCCCCCC/C=C\C/C=C\C/C=C\CCCCC)OC(=O)CCCCCCCCC/C=C\C/C=C\C/C=C\CC. The van der Waals surface area contributed by atoms with Gasteiger partial charge in [-0.15, -0.1) is 0 Å². The first-order chi connectivity index (χ1) is 38.2. The van der Waals surface area contributed by atoms with Crippen molar-refractivity contribution in [2.75, 3.05) is 26.4 Å². The van der Waals surface area contributed by atoms with Crippen LogP contribution in [-0.4, -0.2) is 66.5 Å². The third kappa shape index (κ3) is 56.6. The molecule has 444 valence electrons. The van der Waals surface area contributed by atoms with Gasteiger partial charge in [0.25, 0.3) is 0 Å². The van der Waals surface area contributed by atoms with Crippen molar-refractivity contribution in [3.63, 3.8) is 0 Å². The number of phosphoric ester groups is 1. The van der Waals surface area contributed by atoms with Gasteiger partial charge in [0.2, 0.25) is 0 Å². The maximum atomic E-state index is 12.9. The van der Waals surface area contributed by atoms with Crippen LogP contribution in [-0.2, 0) is 42.2 Å². The zero-order valence-electron chi connectivity index (χ0n) is 49.1. The summed E-state index contributed by atoms with van der Waals surface area (Å²) >= 11 is 0. The lowest BCUT2D eigenvalue weighted by atomic mass is 10.1. The van der Waals surface area contributed by atoms with E-state index in [-0.39, 0.29) is 25.9 Å². The Bertz CT molecular complexity index is 1770. The number of aliphatic hydroxyl groups excluding tert-OH is 1. The largest absolute Gasteiger partial charge is 0.472 e. The van der Waals surface area contributed by atoms with Gasteiger partial charge in [-0.2, -0.15) is 0 Å². The second kappa shape index (κ2) is 59.0. The number of ether oxygens (including phenoxy) is 3. The Kier molecular flexibility index (Phi) is 55.9. The van der Waals surface area contributed by atoms with Gasteiger partial charge >= 0.3 is 25.7 Å². The fourth-order valence-electron chi connectivity index (χ4n) is 7.78. The van der Waals surface area contributed by atoms with Gasteiger partial charge in [-0.3, -0.25) is 23.4 Å². The molecule has 0 aromatic carbocycles. The molecule has 2 N–H and O–H groups in total. The summed E-state index contributed by atoms with van der Waals surface area (Å²) in [4.78, 5) is 48.7. The molecule has 78 heavy (non-hydrogen) atoms. The second-order valence-corrected chi connectivity index (χ2v) is 21.2. The van der Waals surface area contributed by atoms with Crippen LogP contribution in [0.4, 0.5) is 0 Å². The first-order valence-corrected chi connectivity index (χ1v) is 31.9. The molecule has 3 unspecified atom stereocenters. The molecule has 0 fully saturated rings. The molecule has 0 aromatic heterocycles. The predicted octanol–water partition coefficient (Wildman–Crippen LogP) is 18.4. The van der Waals surface area contributed by atoms with Crippen molar-refractivity contribution in [1.29, 1.82) is 0 Å². The average molecular weight is 1110 g/mol. The molecular weight excluding hydrogens is 1000 g/mol. The molecule has 0 aliphatic carbocycles. The first kappa shape index (κ1) is 73.9. The lowest BCUT2D eigenvalue weighted by molar-refractivity contribution is -0.161. The number of carbonyl (C=O) groups is 3. The zero-order valence-corrected chi connectivity index (χ0v) is 50.0. The zero-order chi connectivity index (χ0) is 56.9. The van der Waals surface area contributed by atoms with Crippen LogP contribution in [0.25, 0.3) is 0 Å². The predicted molar refractivity (Wildman–Crippen MR) is 325 cm³/mol. The molecule has 0 bridgehead atoms. The minimum Gasteiger partial charge on any atom is -0.462 e. The van der Waals surface area contributed by atoms with Crippen molar-refractivity contribution < 1.29 is 52.2 Å². The smallest absolute Gasteiger partial charge is 0.462 e. The minimum atomic E-state index is -4.78. The summed E-state index contributed by atoms with van der Waals surface area (Å²) in [7, 11) is -4.78. The standard InChI is InChI=1S/C66H109O11P/c1-4-7-10-13-16-19-22-25-28-30-31-33-35-37-40-43-46-49-52-55-64(68)73-59-63(77-66(70)57-54-51-48-45-42-39-36-32-29-26-23-20-17-14-11-8-5-2)61-75-78(71,72)74-60-62(58-67)76-65(69)56-53-50-47-44-41-38-34-27-24-21-18-15-12-9-6-3/h8-9,11-12,16-21,25-29,31,33-34,41,44,62-63,67H,4-7,10,13-15,22-24,30,32,35-40,42-43,45-61H2,1-3H3,(H,71,72)/b11-8-,12-9-,19-16-,20-17-,21-18-,28-25-,29-26-,33-31-,34-27-,44-41-. The van der Waals surface area contributed by atoms with Crippen molar-refractivity contribution in [3.05, 3.63) is 122 Å². The van der Waals surface area contributed by atoms with E-state index < -0.39 is 57.8 Å². The number of esters is 3. The molecule has 3 atom stereocenters. The van der Waals surface area contributed by atoms with Crippen LogP contribution >= 0.6 is 7.82 Å². The van der Waals surface area contributed by atoms with Gasteiger partial charge in [-0.05, 0) is 128 Å². The van der Waals surface area contributed by atoms with Crippen LogP contribution in [0.2, 0.25) is 0 Å². The van der Waals surface area contributed by atoms with E-state index in [1.807, 2.05) is 0 Å². The molecule has 11 nitrogen and oxygen atoms in total. The third-order valence-electron chi connectivity index (χ3n) is 12.3. The van der Waals surface area contributed by atoms with Gasteiger partial charge < -0.3 is 24.2 Å². The molecular formula is C66H109O11P. The highest BCUT2D eigenvalue weighted by Gasteiger charge is 2.28. The summed E-state index contributed by atoms with van der Waals surface area (Å²) in [6.07, 6.45) is 72.9.